The third-order valence-corrected chi connectivity index (χ3v) is 6.80. The molecule has 1 aromatic carbocycles. The average Bonchev–Trinajstić information content (AvgIpc) is 2.87. The minimum Gasteiger partial charge on any atom is -0.294 e. The molecule has 0 radical (unpaired) electrons. The first kappa shape index (κ1) is 21.6. The van der Waals surface area contributed by atoms with Crippen LogP contribution in [0.15, 0.2) is 34.5 Å². The van der Waals surface area contributed by atoms with Crippen molar-refractivity contribution >= 4 is 27.1 Å². The maximum absolute atomic E-state index is 12.8. The van der Waals surface area contributed by atoms with Gasteiger partial charge in [-0.2, -0.15) is 13.2 Å². The monoisotopic (exact) mass is 419 g/mol. The van der Waals surface area contributed by atoms with Crippen molar-refractivity contribution in [1.29, 1.82) is 0 Å². The van der Waals surface area contributed by atoms with Crippen molar-refractivity contribution in [2.75, 3.05) is 0 Å². The Morgan fingerprint density at radius 3 is 2.33 bits per heavy atom. The van der Waals surface area contributed by atoms with Gasteiger partial charge in [0.2, 0.25) is 0 Å². The van der Waals surface area contributed by atoms with Crippen molar-refractivity contribution in [3.05, 3.63) is 51.9 Å². The summed E-state index contributed by atoms with van der Waals surface area (Å²) in [6.07, 6.45) is -4.73. The van der Waals surface area contributed by atoms with Gasteiger partial charge in [-0.15, -0.1) is 11.3 Å². The minimum atomic E-state index is -4.49. The van der Waals surface area contributed by atoms with Gasteiger partial charge in [0, 0.05) is 22.4 Å². The summed E-state index contributed by atoms with van der Waals surface area (Å²) in [4.78, 5) is 13.0. The second-order valence-electron chi connectivity index (χ2n) is 7.19. The van der Waals surface area contributed by atoms with Gasteiger partial charge in [0.1, 0.15) is 4.21 Å². The summed E-state index contributed by atoms with van der Waals surface area (Å²) in [7, 11) is -3.78. The van der Waals surface area contributed by atoms with Crippen LogP contribution in [-0.4, -0.2) is 19.7 Å². The Labute approximate surface area is 160 Å². The molecule has 0 aliphatic carbocycles. The first-order valence-electron chi connectivity index (χ1n) is 8.03. The Morgan fingerprint density at radius 1 is 1.15 bits per heavy atom. The van der Waals surface area contributed by atoms with Crippen LogP contribution in [0, 0.1) is 6.92 Å². The number of hydrogen-bond acceptors (Lipinski definition) is 4. The zero-order valence-electron chi connectivity index (χ0n) is 15.3. The van der Waals surface area contributed by atoms with Crippen LogP contribution in [0.3, 0.4) is 0 Å². The largest absolute Gasteiger partial charge is 0.416 e. The van der Waals surface area contributed by atoms with Crippen molar-refractivity contribution in [3.63, 3.8) is 0 Å². The molecule has 0 saturated carbocycles. The molecular weight excluding hydrogens is 399 g/mol. The number of halogens is 3. The van der Waals surface area contributed by atoms with E-state index >= 15 is 0 Å². The lowest BCUT2D eigenvalue weighted by molar-refractivity contribution is -0.137. The first-order valence-corrected chi connectivity index (χ1v) is 10.3. The molecule has 0 atom stereocenters. The van der Waals surface area contributed by atoms with E-state index in [9.17, 15) is 26.4 Å². The fourth-order valence-electron chi connectivity index (χ4n) is 2.46. The Bertz CT molecular complexity index is 955. The molecule has 0 spiro atoms. The van der Waals surface area contributed by atoms with Crippen molar-refractivity contribution in [1.82, 2.24) is 4.72 Å². The predicted molar refractivity (Wildman–Crippen MR) is 98.6 cm³/mol. The molecule has 2 rings (SSSR count). The van der Waals surface area contributed by atoms with Crippen LogP contribution >= 0.6 is 11.3 Å². The lowest BCUT2D eigenvalue weighted by Crippen LogP contribution is -2.40. The summed E-state index contributed by atoms with van der Waals surface area (Å²) in [6.45, 7) is 6.71. The lowest BCUT2D eigenvalue weighted by Gasteiger charge is -2.19. The Hall–Kier alpha value is -1.71. The molecule has 0 aliphatic rings. The number of aryl methyl sites for hydroxylation is 1. The van der Waals surface area contributed by atoms with Gasteiger partial charge in [-0.25, -0.2) is 13.1 Å². The van der Waals surface area contributed by atoms with E-state index in [2.05, 4.69) is 4.72 Å². The third-order valence-electron chi connectivity index (χ3n) is 3.52. The Kier molecular flexibility index (Phi) is 5.89. The van der Waals surface area contributed by atoms with Crippen LogP contribution in [0.2, 0.25) is 0 Å². The van der Waals surface area contributed by atoms with Gasteiger partial charge >= 0.3 is 6.18 Å². The number of sulfonamides is 1. The summed E-state index contributed by atoms with van der Waals surface area (Å²) < 4.78 is 65.8. The number of carbonyl (C=O) groups excluding carboxylic acids is 1. The van der Waals surface area contributed by atoms with Crippen LogP contribution in [0.25, 0.3) is 0 Å². The van der Waals surface area contributed by atoms with Crippen molar-refractivity contribution in [3.8, 4) is 0 Å². The quantitative estimate of drug-likeness (QED) is 0.722. The SMILES string of the molecule is Cc1sc(S(=O)(=O)NC(C)(C)C)cc1C(=O)Cc1cccc(C(F)(F)F)c1. The lowest BCUT2D eigenvalue weighted by atomic mass is 10.0. The maximum Gasteiger partial charge on any atom is 0.416 e. The van der Waals surface area contributed by atoms with Gasteiger partial charge in [0.05, 0.1) is 5.56 Å². The molecule has 1 aromatic heterocycles. The van der Waals surface area contributed by atoms with E-state index in [1.165, 1.54) is 18.2 Å². The molecule has 9 heteroatoms. The molecule has 2 aromatic rings. The third kappa shape index (κ3) is 5.63. The van der Waals surface area contributed by atoms with E-state index in [1.807, 2.05) is 0 Å². The van der Waals surface area contributed by atoms with Gasteiger partial charge in [0.25, 0.3) is 10.0 Å². The van der Waals surface area contributed by atoms with E-state index in [1.54, 1.807) is 27.7 Å². The average molecular weight is 419 g/mol. The number of Topliss-reactive ketones (excluding diaryl/α,β-unsaturated/α-hetero) is 1. The molecule has 1 N–H and O–H groups in total. The fourth-order valence-corrected chi connectivity index (χ4v) is 5.34. The van der Waals surface area contributed by atoms with Crippen LogP contribution in [-0.2, 0) is 22.6 Å². The molecule has 148 valence electrons. The standard InChI is InChI=1S/C18H20F3NO3S2/c1-11-14(10-16(26-11)27(24,25)22-17(2,3)4)15(23)9-12-6-5-7-13(8-12)18(19,20)21/h5-8,10,22H,9H2,1-4H3. The summed E-state index contributed by atoms with van der Waals surface area (Å²) in [5.41, 5.74) is -1.09. The molecule has 0 aliphatic heterocycles. The van der Waals surface area contributed by atoms with Crippen LogP contribution in [0.5, 0.6) is 0 Å². The molecule has 0 bridgehead atoms. The molecule has 0 saturated heterocycles. The van der Waals surface area contributed by atoms with Gasteiger partial charge in [-0.3, -0.25) is 4.79 Å². The summed E-state index contributed by atoms with van der Waals surface area (Å²) in [5.74, 6) is -0.430. The zero-order valence-corrected chi connectivity index (χ0v) is 16.9. The number of thiophene rings is 1. The van der Waals surface area contributed by atoms with E-state index < -0.39 is 33.1 Å². The second kappa shape index (κ2) is 7.37. The molecule has 0 amide bonds. The van der Waals surface area contributed by atoms with E-state index in [0.29, 0.717) is 4.88 Å². The zero-order chi connectivity index (χ0) is 20.6. The van der Waals surface area contributed by atoms with Crippen LogP contribution < -0.4 is 4.72 Å². The normalized spacial score (nSPS) is 13.0. The molecule has 0 unspecified atom stereocenters. The van der Waals surface area contributed by atoms with Crippen LogP contribution in [0.4, 0.5) is 13.2 Å². The van der Waals surface area contributed by atoms with Gasteiger partial charge in [0.15, 0.2) is 5.78 Å². The fraction of sp³-hybridized carbons (Fsp3) is 0.389. The molecule has 1 heterocycles. The highest BCUT2D eigenvalue weighted by Gasteiger charge is 2.31. The van der Waals surface area contributed by atoms with Crippen molar-refractivity contribution in [2.24, 2.45) is 0 Å². The smallest absolute Gasteiger partial charge is 0.294 e. The summed E-state index contributed by atoms with van der Waals surface area (Å²) in [5, 5.41) is 0. The van der Waals surface area contributed by atoms with E-state index in [0.717, 1.165) is 23.5 Å². The maximum atomic E-state index is 12.8. The highest BCUT2D eigenvalue weighted by atomic mass is 32.2. The topological polar surface area (TPSA) is 63.2 Å². The summed E-state index contributed by atoms with van der Waals surface area (Å²) in [6, 6.07) is 5.83. The van der Waals surface area contributed by atoms with Crippen molar-refractivity contribution in [2.45, 2.75) is 50.0 Å². The number of hydrogen-bond donors (Lipinski definition) is 1. The molecule has 0 fully saturated rings. The van der Waals surface area contributed by atoms with Gasteiger partial charge in [-0.1, -0.05) is 18.2 Å². The molecule has 4 nitrogen and oxygen atoms in total. The Balaban J connectivity index is 2.27. The molecule has 27 heavy (non-hydrogen) atoms. The number of ketones is 1. The summed E-state index contributed by atoms with van der Waals surface area (Å²) >= 11 is 0.957. The Morgan fingerprint density at radius 2 is 1.78 bits per heavy atom. The van der Waals surface area contributed by atoms with E-state index in [4.69, 9.17) is 0 Å². The number of benzene rings is 1. The predicted octanol–water partition coefficient (Wildman–Crippen LogP) is 4.58. The number of carbonyl (C=O) groups is 1. The number of nitrogens with one attached hydrogen (secondary N) is 1. The first-order chi connectivity index (χ1) is 12.2. The van der Waals surface area contributed by atoms with Gasteiger partial charge in [-0.05, 0) is 45.4 Å². The van der Waals surface area contributed by atoms with Crippen LogP contribution in [0.1, 0.15) is 47.1 Å². The van der Waals surface area contributed by atoms with E-state index in [-0.39, 0.29) is 21.8 Å². The number of rotatable bonds is 5. The highest BCUT2D eigenvalue weighted by molar-refractivity contribution is 7.91. The van der Waals surface area contributed by atoms with Crippen molar-refractivity contribution < 1.29 is 26.4 Å². The number of alkyl halides is 3. The second-order valence-corrected chi connectivity index (χ2v) is 10.4. The molecular formula is C18H20F3NO3S2. The highest BCUT2D eigenvalue weighted by Crippen LogP contribution is 2.31. The van der Waals surface area contributed by atoms with Gasteiger partial charge < -0.3 is 0 Å². The minimum absolute atomic E-state index is 0.00215.